The van der Waals surface area contributed by atoms with Crippen molar-refractivity contribution in [3.05, 3.63) is 18.0 Å². The van der Waals surface area contributed by atoms with E-state index in [-0.39, 0.29) is 0 Å². The Labute approximate surface area is 104 Å². The van der Waals surface area contributed by atoms with Crippen LogP contribution in [-0.4, -0.2) is 36.1 Å². The van der Waals surface area contributed by atoms with E-state index in [1.165, 1.54) is 12.1 Å². The van der Waals surface area contributed by atoms with Gasteiger partial charge in [0.15, 0.2) is 0 Å². The molecule has 0 fully saturated rings. The Balaban J connectivity index is 2.20. The Bertz CT molecular complexity index is 299. The van der Waals surface area contributed by atoms with E-state index < -0.39 is 0 Å². The molecule has 0 aliphatic carbocycles. The highest BCUT2D eigenvalue weighted by atomic mass is 16.5. The number of nitrogens with one attached hydrogen (secondary N) is 1. The summed E-state index contributed by atoms with van der Waals surface area (Å²) >= 11 is 0. The van der Waals surface area contributed by atoms with Gasteiger partial charge in [0, 0.05) is 38.2 Å². The number of rotatable bonds is 9. The monoisotopic (exact) mass is 239 g/mol. The normalized spacial score (nSPS) is 12.9. The maximum absolute atomic E-state index is 5.36. The van der Waals surface area contributed by atoms with E-state index in [0.29, 0.717) is 6.04 Å². The lowest BCUT2D eigenvalue weighted by molar-refractivity contribution is 0.140. The van der Waals surface area contributed by atoms with Crippen LogP contribution in [0.4, 0.5) is 0 Å². The molecule has 1 heterocycles. The molecule has 1 rings (SSSR count). The van der Waals surface area contributed by atoms with Crippen LogP contribution < -0.4 is 5.32 Å². The van der Waals surface area contributed by atoms with Gasteiger partial charge in [-0.1, -0.05) is 0 Å². The van der Waals surface area contributed by atoms with Gasteiger partial charge in [0.25, 0.3) is 0 Å². The average molecular weight is 239 g/mol. The molecule has 4 nitrogen and oxygen atoms in total. The van der Waals surface area contributed by atoms with Crippen molar-refractivity contribution >= 4 is 0 Å². The predicted octanol–water partition coefficient (Wildman–Crippen LogP) is 1.76. The summed E-state index contributed by atoms with van der Waals surface area (Å²) < 4.78 is 7.31. The number of nitrogens with zero attached hydrogens (tertiary/aromatic N) is 2. The van der Waals surface area contributed by atoms with E-state index in [9.17, 15) is 0 Å². The Morgan fingerprint density at radius 2 is 2.29 bits per heavy atom. The maximum atomic E-state index is 5.36. The molecule has 1 N–H and O–H groups in total. The third kappa shape index (κ3) is 5.33. The fraction of sp³-hybridized carbons (Fsp3) is 0.769. The van der Waals surface area contributed by atoms with E-state index in [1.807, 2.05) is 31.9 Å². The van der Waals surface area contributed by atoms with Gasteiger partial charge in [0.1, 0.15) is 0 Å². The predicted molar refractivity (Wildman–Crippen MR) is 70.1 cm³/mol. The average Bonchev–Trinajstić information content (AvgIpc) is 2.74. The van der Waals surface area contributed by atoms with Crippen molar-refractivity contribution < 1.29 is 4.74 Å². The third-order valence-electron chi connectivity index (χ3n) is 3.13. The summed E-state index contributed by atoms with van der Waals surface area (Å²) in [7, 11) is 4.04. The molecule has 0 saturated carbocycles. The Kier molecular flexibility index (Phi) is 6.89. The second-order valence-electron chi connectivity index (χ2n) is 4.31. The fourth-order valence-corrected chi connectivity index (χ4v) is 1.98. The van der Waals surface area contributed by atoms with Crippen molar-refractivity contribution in [2.75, 3.05) is 20.3 Å². The van der Waals surface area contributed by atoms with Crippen LogP contribution in [0, 0.1) is 0 Å². The molecule has 1 atom stereocenters. The molecular formula is C13H25N3O. The first kappa shape index (κ1) is 14.2. The third-order valence-corrected chi connectivity index (χ3v) is 3.13. The quantitative estimate of drug-likeness (QED) is 0.667. The topological polar surface area (TPSA) is 39.1 Å². The molecule has 4 heteroatoms. The number of aryl methyl sites for hydroxylation is 2. The van der Waals surface area contributed by atoms with Crippen LogP contribution >= 0.6 is 0 Å². The molecule has 1 aromatic rings. The van der Waals surface area contributed by atoms with Crippen LogP contribution in [0.3, 0.4) is 0 Å². The second kappa shape index (κ2) is 8.25. The van der Waals surface area contributed by atoms with E-state index in [4.69, 9.17) is 4.74 Å². The summed E-state index contributed by atoms with van der Waals surface area (Å²) in [5.41, 5.74) is 1.30. The lowest BCUT2D eigenvalue weighted by Gasteiger charge is -2.15. The van der Waals surface area contributed by atoms with Gasteiger partial charge in [-0.25, -0.2) is 0 Å². The summed E-state index contributed by atoms with van der Waals surface area (Å²) in [4.78, 5) is 0. The molecule has 0 aromatic carbocycles. The maximum Gasteiger partial charge on any atom is 0.0492 e. The lowest BCUT2D eigenvalue weighted by atomic mass is 10.0. The molecule has 0 bridgehead atoms. The summed E-state index contributed by atoms with van der Waals surface area (Å²) in [6.07, 6.45) is 6.40. The summed E-state index contributed by atoms with van der Waals surface area (Å²) in [6, 6.07) is 2.66. The second-order valence-corrected chi connectivity index (χ2v) is 4.31. The molecule has 1 aromatic heterocycles. The van der Waals surface area contributed by atoms with Gasteiger partial charge in [-0.15, -0.1) is 0 Å². The molecule has 0 saturated heterocycles. The van der Waals surface area contributed by atoms with Crippen LogP contribution in [-0.2, 0) is 18.2 Å². The van der Waals surface area contributed by atoms with Crippen molar-refractivity contribution in [1.82, 2.24) is 15.1 Å². The van der Waals surface area contributed by atoms with E-state index in [2.05, 4.69) is 16.5 Å². The standard InChI is InChI=1S/C13H25N3O/c1-4-17-11-5-6-12(14-2)7-8-13-9-10-15-16(13)3/h9-10,12,14H,4-8,11H2,1-3H3. The zero-order chi connectivity index (χ0) is 12.5. The zero-order valence-corrected chi connectivity index (χ0v) is 11.3. The number of aromatic nitrogens is 2. The van der Waals surface area contributed by atoms with Crippen molar-refractivity contribution in [2.24, 2.45) is 7.05 Å². The van der Waals surface area contributed by atoms with Crippen molar-refractivity contribution in [2.45, 2.75) is 38.6 Å². The van der Waals surface area contributed by atoms with Crippen LogP contribution in [0.25, 0.3) is 0 Å². The smallest absolute Gasteiger partial charge is 0.0492 e. The van der Waals surface area contributed by atoms with Gasteiger partial charge in [-0.05, 0) is 45.7 Å². The minimum atomic E-state index is 0.574. The Morgan fingerprint density at radius 1 is 1.47 bits per heavy atom. The molecule has 0 radical (unpaired) electrons. The van der Waals surface area contributed by atoms with Crippen LogP contribution in [0.1, 0.15) is 31.9 Å². The minimum Gasteiger partial charge on any atom is -0.382 e. The molecule has 0 aliphatic rings. The van der Waals surface area contributed by atoms with Crippen LogP contribution in [0.2, 0.25) is 0 Å². The lowest BCUT2D eigenvalue weighted by Crippen LogP contribution is -2.26. The highest BCUT2D eigenvalue weighted by Crippen LogP contribution is 2.08. The zero-order valence-electron chi connectivity index (χ0n) is 11.3. The van der Waals surface area contributed by atoms with E-state index >= 15 is 0 Å². The highest BCUT2D eigenvalue weighted by molar-refractivity contribution is 5.00. The minimum absolute atomic E-state index is 0.574. The van der Waals surface area contributed by atoms with Gasteiger partial charge in [0.2, 0.25) is 0 Å². The number of hydrogen-bond donors (Lipinski definition) is 1. The van der Waals surface area contributed by atoms with Crippen LogP contribution in [0.5, 0.6) is 0 Å². The first-order chi connectivity index (χ1) is 8.27. The summed E-state index contributed by atoms with van der Waals surface area (Å²) in [5, 5.41) is 7.56. The van der Waals surface area contributed by atoms with E-state index in [0.717, 1.165) is 32.5 Å². The van der Waals surface area contributed by atoms with Gasteiger partial charge >= 0.3 is 0 Å². The SMILES string of the molecule is CCOCCCC(CCc1ccnn1C)NC. The van der Waals surface area contributed by atoms with Crippen molar-refractivity contribution in [3.8, 4) is 0 Å². The largest absolute Gasteiger partial charge is 0.382 e. The Hall–Kier alpha value is -0.870. The summed E-state index contributed by atoms with van der Waals surface area (Å²) in [5.74, 6) is 0. The highest BCUT2D eigenvalue weighted by Gasteiger charge is 2.07. The number of ether oxygens (including phenoxy) is 1. The number of hydrogen-bond acceptors (Lipinski definition) is 3. The van der Waals surface area contributed by atoms with Crippen LogP contribution in [0.15, 0.2) is 12.3 Å². The van der Waals surface area contributed by atoms with Gasteiger partial charge in [-0.3, -0.25) is 4.68 Å². The first-order valence-electron chi connectivity index (χ1n) is 6.49. The van der Waals surface area contributed by atoms with Gasteiger partial charge in [0.05, 0.1) is 0 Å². The first-order valence-corrected chi connectivity index (χ1v) is 6.49. The van der Waals surface area contributed by atoms with Gasteiger partial charge < -0.3 is 10.1 Å². The van der Waals surface area contributed by atoms with Crippen molar-refractivity contribution in [1.29, 1.82) is 0 Å². The molecule has 1 unspecified atom stereocenters. The van der Waals surface area contributed by atoms with Gasteiger partial charge in [-0.2, -0.15) is 5.10 Å². The molecule has 0 amide bonds. The molecular weight excluding hydrogens is 214 g/mol. The molecule has 0 spiro atoms. The summed E-state index contributed by atoms with van der Waals surface area (Å²) in [6.45, 7) is 3.73. The Morgan fingerprint density at radius 3 is 2.88 bits per heavy atom. The van der Waals surface area contributed by atoms with Crippen molar-refractivity contribution in [3.63, 3.8) is 0 Å². The molecule has 98 valence electrons. The molecule has 17 heavy (non-hydrogen) atoms. The van der Waals surface area contributed by atoms with E-state index in [1.54, 1.807) is 0 Å². The molecule has 0 aliphatic heterocycles. The fourth-order valence-electron chi connectivity index (χ4n) is 1.98.